The fourth-order valence-electron chi connectivity index (χ4n) is 1.74. The van der Waals surface area contributed by atoms with E-state index in [1.54, 1.807) is 6.92 Å². The molecule has 0 aliphatic rings. The highest BCUT2D eigenvalue weighted by atomic mass is 16.3. The predicted octanol–water partition coefficient (Wildman–Crippen LogP) is 2.61. The summed E-state index contributed by atoms with van der Waals surface area (Å²) in [5, 5.41) is 12.1. The normalized spacial score (nSPS) is 13.9. The SMILES string of the molecule is CC(O)Nc1nc2ccc(C(C)(C)C)cc2[nH]1. The summed E-state index contributed by atoms with van der Waals surface area (Å²) in [5.74, 6) is 0.598. The number of aromatic nitrogens is 2. The average molecular weight is 233 g/mol. The maximum atomic E-state index is 9.24. The number of fused-ring (bicyclic) bond motifs is 1. The van der Waals surface area contributed by atoms with Crippen molar-refractivity contribution in [3.63, 3.8) is 0 Å². The zero-order valence-corrected chi connectivity index (χ0v) is 10.7. The Bertz CT molecular complexity index is 523. The van der Waals surface area contributed by atoms with Crippen LogP contribution in [0, 0.1) is 0 Å². The van der Waals surface area contributed by atoms with Crippen LogP contribution in [0.2, 0.25) is 0 Å². The third-order valence-corrected chi connectivity index (χ3v) is 2.69. The molecule has 1 atom stereocenters. The van der Waals surface area contributed by atoms with Crippen molar-refractivity contribution in [2.75, 3.05) is 5.32 Å². The van der Waals surface area contributed by atoms with Crippen LogP contribution in [0.4, 0.5) is 5.95 Å². The Morgan fingerprint density at radius 3 is 2.65 bits per heavy atom. The fraction of sp³-hybridized carbons (Fsp3) is 0.462. The second-order valence-electron chi connectivity index (χ2n) is 5.39. The average Bonchev–Trinajstić information content (AvgIpc) is 2.55. The van der Waals surface area contributed by atoms with Gasteiger partial charge in [0.25, 0.3) is 0 Å². The second-order valence-corrected chi connectivity index (χ2v) is 5.39. The number of hydrogen-bond acceptors (Lipinski definition) is 3. The van der Waals surface area contributed by atoms with E-state index in [0.29, 0.717) is 5.95 Å². The number of rotatable bonds is 2. The minimum atomic E-state index is -0.613. The summed E-state index contributed by atoms with van der Waals surface area (Å²) in [7, 11) is 0. The smallest absolute Gasteiger partial charge is 0.203 e. The molecule has 17 heavy (non-hydrogen) atoms. The van der Waals surface area contributed by atoms with Crippen LogP contribution >= 0.6 is 0 Å². The first-order valence-electron chi connectivity index (χ1n) is 5.81. The van der Waals surface area contributed by atoms with Crippen LogP contribution in [-0.2, 0) is 5.41 Å². The molecule has 0 spiro atoms. The van der Waals surface area contributed by atoms with E-state index in [2.05, 4.69) is 48.2 Å². The summed E-state index contributed by atoms with van der Waals surface area (Å²) < 4.78 is 0. The topological polar surface area (TPSA) is 60.9 Å². The number of benzene rings is 1. The molecule has 1 heterocycles. The van der Waals surface area contributed by atoms with Gasteiger partial charge in [-0.3, -0.25) is 0 Å². The van der Waals surface area contributed by atoms with Crippen LogP contribution in [0.3, 0.4) is 0 Å². The zero-order chi connectivity index (χ0) is 12.6. The number of H-pyrrole nitrogens is 1. The van der Waals surface area contributed by atoms with Crippen LogP contribution in [0.5, 0.6) is 0 Å². The number of aliphatic hydroxyl groups is 1. The minimum absolute atomic E-state index is 0.122. The summed E-state index contributed by atoms with van der Waals surface area (Å²) in [4.78, 5) is 7.51. The first kappa shape index (κ1) is 11.9. The molecule has 0 bridgehead atoms. The van der Waals surface area contributed by atoms with Crippen molar-refractivity contribution >= 4 is 17.0 Å². The Labute approximate surface area is 101 Å². The van der Waals surface area contributed by atoms with Crippen molar-refractivity contribution in [3.8, 4) is 0 Å². The Balaban J connectivity index is 2.41. The number of hydrogen-bond donors (Lipinski definition) is 3. The number of imidazole rings is 1. The first-order chi connectivity index (χ1) is 7.86. The molecule has 3 N–H and O–H groups in total. The predicted molar refractivity (Wildman–Crippen MR) is 70.1 cm³/mol. The Morgan fingerprint density at radius 1 is 1.35 bits per heavy atom. The van der Waals surface area contributed by atoms with E-state index in [1.165, 1.54) is 5.56 Å². The fourth-order valence-corrected chi connectivity index (χ4v) is 1.74. The molecule has 0 aliphatic heterocycles. The Morgan fingerprint density at radius 2 is 2.06 bits per heavy atom. The summed E-state index contributed by atoms with van der Waals surface area (Å²) in [6.07, 6.45) is -0.613. The van der Waals surface area contributed by atoms with Crippen molar-refractivity contribution in [2.24, 2.45) is 0 Å². The number of nitrogens with zero attached hydrogens (tertiary/aromatic N) is 1. The molecule has 4 nitrogen and oxygen atoms in total. The number of anilines is 1. The molecular formula is C13H19N3O. The van der Waals surface area contributed by atoms with Crippen molar-refractivity contribution in [1.29, 1.82) is 0 Å². The molecule has 0 saturated carbocycles. The van der Waals surface area contributed by atoms with E-state index in [9.17, 15) is 5.11 Å². The molecule has 1 aromatic heterocycles. The van der Waals surface area contributed by atoms with Gasteiger partial charge in [-0.15, -0.1) is 0 Å². The van der Waals surface area contributed by atoms with E-state index in [-0.39, 0.29) is 5.41 Å². The van der Waals surface area contributed by atoms with Gasteiger partial charge in [0.05, 0.1) is 11.0 Å². The lowest BCUT2D eigenvalue weighted by molar-refractivity contribution is 0.223. The Hall–Kier alpha value is -1.55. The number of aromatic amines is 1. The second kappa shape index (κ2) is 4.04. The molecule has 2 aromatic rings. The highest BCUT2D eigenvalue weighted by Gasteiger charge is 2.14. The molecule has 4 heteroatoms. The van der Waals surface area contributed by atoms with Crippen molar-refractivity contribution in [3.05, 3.63) is 23.8 Å². The van der Waals surface area contributed by atoms with Gasteiger partial charge < -0.3 is 15.4 Å². The third kappa shape index (κ3) is 2.58. The molecule has 0 amide bonds. The van der Waals surface area contributed by atoms with Gasteiger partial charge in [-0.05, 0) is 30.0 Å². The zero-order valence-electron chi connectivity index (χ0n) is 10.7. The van der Waals surface area contributed by atoms with E-state index in [4.69, 9.17) is 0 Å². The molecule has 2 rings (SSSR count). The molecule has 0 saturated heterocycles. The Kier molecular flexibility index (Phi) is 2.83. The van der Waals surface area contributed by atoms with Crippen molar-refractivity contribution < 1.29 is 5.11 Å². The summed E-state index contributed by atoms with van der Waals surface area (Å²) in [6.45, 7) is 8.20. The van der Waals surface area contributed by atoms with Gasteiger partial charge in [-0.1, -0.05) is 26.8 Å². The van der Waals surface area contributed by atoms with Gasteiger partial charge in [0, 0.05) is 0 Å². The number of nitrogens with one attached hydrogen (secondary N) is 2. The van der Waals surface area contributed by atoms with Crippen LogP contribution in [0.1, 0.15) is 33.3 Å². The maximum absolute atomic E-state index is 9.24. The molecule has 1 unspecified atom stereocenters. The quantitative estimate of drug-likeness (QED) is 0.699. The van der Waals surface area contributed by atoms with E-state index in [0.717, 1.165) is 11.0 Å². The highest BCUT2D eigenvalue weighted by Crippen LogP contribution is 2.25. The maximum Gasteiger partial charge on any atom is 0.203 e. The van der Waals surface area contributed by atoms with Crippen LogP contribution < -0.4 is 5.32 Å². The highest BCUT2D eigenvalue weighted by molar-refractivity contribution is 5.78. The van der Waals surface area contributed by atoms with Crippen LogP contribution in [0.25, 0.3) is 11.0 Å². The van der Waals surface area contributed by atoms with Crippen LogP contribution in [-0.4, -0.2) is 21.3 Å². The van der Waals surface area contributed by atoms with Gasteiger partial charge in [-0.2, -0.15) is 0 Å². The summed E-state index contributed by atoms with van der Waals surface area (Å²) in [5.41, 5.74) is 3.27. The molecule has 92 valence electrons. The lowest BCUT2D eigenvalue weighted by Gasteiger charge is -2.18. The third-order valence-electron chi connectivity index (χ3n) is 2.69. The van der Waals surface area contributed by atoms with Gasteiger partial charge in [0.2, 0.25) is 5.95 Å². The largest absolute Gasteiger partial charge is 0.374 e. The monoisotopic (exact) mass is 233 g/mol. The molecule has 0 radical (unpaired) electrons. The van der Waals surface area contributed by atoms with Crippen LogP contribution in [0.15, 0.2) is 18.2 Å². The summed E-state index contributed by atoms with van der Waals surface area (Å²) in [6, 6.07) is 6.20. The first-order valence-corrected chi connectivity index (χ1v) is 5.81. The molecule has 1 aromatic carbocycles. The van der Waals surface area contributed by atoms with Crippen molar-refractivity contribution in [2.45, 2.75) is 39.3 Å². The van der Waals surface area contributed by atoms with Gasteiger partial charge in [-0.25, -0.2) is 4.98 Å². The molecule has 0 fully saturated rings. The van der Waals surface area contributed by atoms with E-state index >= 15 is 0 Å². The molecule has 0 aliphatic carbocycles. The van der Waals surface area contributed by atoms with Gasteiger partial charge in [0.1, 0.15) is 6.23 Å². The lowest BCUT2D eigenvalue weighted by atomic mass is 9.87. The minimum Gasteiger partial charge on any atom is -0.374 e. The van der Waals surface area contributed by atoms with Gasteiger partial charge in [0.15, 0.2) is 0 Å². The van der Waals surface area contributed by atoms with E-state index < -0.39 is 6.23 Å². The van der Waals surface area contributed by atoms with Gasteiger partial charge >= 0.3 is 0 Å². The van der Waals surface area contributed by atoms with Crippen molar-refractivity contribution in [1.82, 2.24) is 9.97 Å². The standard InChI is InChI=1S/C13H19N3O/c1-8(17)14-12-15-10-6-5-9(13(2,3)4)7-11(10)16-12/h5-8,17H,1-4H3,(H2,14,15,16). The lowest BCUT2D eigenvalue weighted by Crippen LogP contribution is -2.14. The molecular weight excluding hydrogens is 214 g/mol. The number of aliphatic hydroxyl groups excluding tert-OH is 1. The van der Waals surface area contributed by atoms with E-state index in [1.807, 2.05) is 6.07 Å². The summed E-state index contributed by atoms with van der Waals surface area (Å²) >= 11 is 0.